The van der Waals surface area contributed by atoms with Crippen molar-refractivity contribution < 1.29 is 37.1 Å². The van der Waals surface area contributed by atoms with E-state index in [0.29, 0.717) is 82.6 Å². The molecule has 1 fully saturated rings. The number of carboxylic acids is 1. The molecule has 0 saturated heterocycles. The van der Waals surface area contributed by atoms with Crippen LogP contribution in [0.4, 0.5) is 0 Å². The van der Waals surface area contributed by atoms with Gasteiger partial charge in [0.15, 0.2) is 0 Å². The Hall–Kier alpha value is -9.44. The van der Waals surface area contributed by atoms with Crippen molar-refractivity contribution in [3.8, 4) is 91.6 Å². The van der Waals surface area contributed by atoms with Crippen molar-refractivity contribution >= 4 is 11.9 Å². The molecule has 0 amide bonds. The van der Waals surface area contributed by atoms with Crippen molar-refractivity contribution in [2.45, 2.75) is 54.4 Å². The Labute approximate surface area is 436 Å². The van der Waals surface area contributed by atoms with Crippen LogP contribution in [0.5, 0.6) is 0 Å². The number of benzene rings is 6. The molecule has 4 aromatic heterocycles. The van der Waals surface area contributed by atoms with Gasteiger partial charge >= 0.3 is 11.9 Å². The molecular weight excluding hydrogens is 961 g/mol. The topological polar surface area (TPSA) is 219 Å². The maximum Gasteiger partial charge on any atom is 0.338 e. The zero-order valence-electron chi connectivity index (χ0n) is 42.4. The highest BCUT2D eigenvalue weighted by atomic mass is 16.5. The number of hydrogen-bond donors (Lipinski definition) is 1. The first-order valence-electron chi connectivity index (χ1n) is 24.8. The van der Waals surface area contributed by atoms with Gasteiger partial charge < -0.3 is 27.5 Å². The summed E-state index contributed by atoms with van der Waals surface area (Å²) in [5.41, 5.74) is 14.1. The van der Waals surface area contributed by atoms with Crippen LogP contribution in [0, 0.1) is 59.3 Å². The smallest absolute Gasteiger partial charge is 0.338 e. The molecule has 0 radical (unpaired) electrons. The number of rotatable bonds is 12. The SMILES string of the molecule is Cc1cc(-c2nnc(-c3ccc(-c4nnc(-c5ccc(C(=O)O)cc5)o4)cc3)o2)cc(C)c1C.Cc1cc(-c2nnc(-c3ccc(-c4nnc(-c5ccc(C(=O)OCC6CC7C=CC6C7)cc5)o4)cc3)o2)cc(C)c1C. The lowest BCUT2D eigenvalue weighted by Crippen LogP contribution is -2.17. The number of allylic oxidation sites excluding steroid dienone is 2. The number of aromatic carboxylic acids is 1. The molecule has 3 atom stereocenters. The summed E-state index contributed by atoms with van der Waals surface area (Å²) in [4.78, 5) is 23.6. The highest BCUT2D eigenvalue weighted by Crippen LogP contribution is 2.43. The third kappa shape index (κ3) is 10.1. The third-order valence-electron chi connectivity index (χ3n) is 14.4. The fraction of sp³-hybridized carbons (Fsp3) is 0.200. The Bertz CT molecular complexity index is 3750. The molecule has 6 aromatic carbocycles. The van der Waals surface area contributed by atoms with Crippen molar-refractivity contribution in [2.75, 3.05) is 6.61 Å². The van der Waals surface area contributed by atoms with Crippen molar-refractivity contribution in [3.63, 3.8) is 0 Å². The van der Waals surface area contributed by atoms with Crippen LogP contribution in [0.1, 0.15) is 66.9 Å². The number of fused-ring (bicyclic) bond motifs is 2. The second-order valence-electron chi connectivity index (χ2n) is 19.4. The first kappa shape index (κ1) is 48.8. The number of aryl methyl sites for hydroxylation is 4. The minimum Gasteiger partial charge on any atom is -0.478 e. The summed E-state index contributed by atoms with van der Waals surface area (Å²) in [5, 5.41) is 42.5. The normalized spacial score (nSPS) is 15.4. The monoisotopic (exact) mass is 1010 g/mol. The van der Waals surface area contributed by atoms with Gasteiger partial charge in [-0.25, -0.2) is 9.59 Å². The standard InChI is InChI=1S/C34H30N4O4.C26H20N4O4/c1-19-14-28(15-20(2)21(19)3)33-38-37-32(42-33)24-8-6-23(7-9-24)30-35-36-31(41-30)25-10-12-26(13-11-25)34(39)40-18-29-17-22-4-5-27(29)16-22;1-14-12-21(13-15(2)16(14)3)25-30-29-24(34-25)18-6-4-17(5-7-18)22-27-28-23(33-22)19-8-10-20(11-9-19)26(31)32/h4-15,22,27,29H,16-18H2,1-3H3;4-13H,1-3H3,(H,31,32). The zero-order chi connectivity index (χ0) is 52.6. The Morgan fingerprint density at radius 1 is 0.434 bits per heavy atom. The van der Waals surface area contributed by atoms with E-state index < -0.39 is 5.97 Å². The Kier molecular flexibility index (Phi) is 13.1. The number of carbonyl (C=O) groups excluding carboxylic acids is 1. The lowest BCUT2D eigenvalue weighted by atomic mass is 9.95. The minimum absolute atomic E-state index is 0.191. The Morgan fingerprint density at radius 2 is 0.737 bits per heavy atom. The molecule has 0 aliphatic heterocycles. The predicted molar refractivity (Wildman–Crippen MR) is 282 cm³/mol. The lowest BCUT2D eigenvalue weighted by Gasteiger charge is -2.17. The van der Waals surface area contributed by atoms with Gasteiger partial charge in [-0.2, -0.15) is 0 Å². The van der Waals surface area contributed by atoms with Crippen LogP contribution in [0.3, 0.4) is 0 Å². The van der Waals surface area contributed by atoms with E-state index in [1.54, 1.807) is 36.4 Å². The predicted octanol–water partition coefficient (Wildman–Crippen LogP) is 13.2. The van der Waals surface area contributed by atoms with Crippen LogP contribution >= 0.6 is 0 Å². The number of nitrogens with zero attached hydrogens (tertiary/aromatic N) is 8. The summed E-state index contributed by atoms with van der Waals surface area (Å²) in [5.74, 6) is 3.57. The number of aromatic nitrogens is 8. The van der Waals surface area contributed by atoms with Gasteiger partial charge in [0.05, 0.1) is 17.7 Å². The highest BCUT2D eigenvalue weighted by Gasteiger charge is 2.36. The third-order valence-corrected chi connectivity index (χ3v) is 14.4. The van der Waals surface area contributed by atoms with Crippen molar-refractivity contribution in [1.29, 1.82) is 0 Å². The number of esters is 1. The average molecular weight is 1010 g/mol. The van der Waals surface area contributed by atoms with Gasteiger partial charge in [-0.15, -0.1) is 40.8 Å². The molecule has 16 nitrogen and oxygen atoms in total. The van der Waals surface area contributed by atoms with E-state index in [-0.39, 0.29) is 11.5 Å². The molecule has 2 aliphatic carbocycles. The molecule has 1 N–H and O–H groups in total. The number of carboxylic acid groups (broad SMARTS) is 1. The van der Waals surface area contributed by atoms with Crippen molar-refractivity contribution in [1.82, 2.24) is 40.8 Å². The largest absolute Gasteiger partial charge is 0.478 e. The fourth-order valence-electron chi connectivity index (χ4n) is 9.51. The maximum atomic E-state index is 12.6. The van der Waals surface area contributed by atoms with E-state index >= 15 is 0 Å². The van der Waals surface area contributed by atoms with E-state index in [1.807, 2.05) is 60.7 Å². The van der Waals surface area contributed by atoms with E-state index in [2.05, 4.69) is 107 Å². The molecule has 12 rings (SSSR count). The van der Waals surface area contributed by atoms with E-state index in [4.69, 9.17) is 27.5 Å². The van der Waals surface area contributed by atoms with Gasteiger partial charge in [-0.1, -0.05) is 12.2 Å². The van der Waals surface area contributed by atoms with Gasteiger partial charge in [0.25, 0.3) is 0 Å². The Balaban J connectivity index is 0.000000166. The molecule has 16 heteroatoms. The second kappa shape index (κ2) is 20.5. The molecular formula is C60H50N8O8. The number of ether oxygens (including phenoxy) is 1. The van der Waals surface area contributed by atoms with Crippen LogP contribution < -0.4 is 0 Å². The molecule has 3 unspecified atom stereocenters. The van der Waals surface area contributed by atoms with Crippen LogP contribution in [0.2, 0.25) is 0 Å². The summed E-state index contributed by atoms with van der Waals surface area (Å²) < 4.78 is 29.2. The van der Waals surface area contributed by atoms with Gasteiger partial charge in [0.2, 0.25) is 47.1 Å². The average Bonchev–Trinajstić information content (AvgIpc) is 4.32. The maximum absolute atomic E-state index is 12.6. The van der Waals surface area contributed by atoms with Gasteiger partial charge in [-0.05, 0) is 227 Å². The summed E-state index contributed by atoms with van der Waals surface area (Å²) >= 11 is 0. The Morgan fingerprint density at radius 3 is 1.03 bits per heavy atom. The molecule has 2 aliphatic rings. The molecule has 2 bridgehead atoms. The van der Waals surface area contributed by atoms with Gasteiger partial charge in [0, 0.05) is 44.5 Å². The molecule has 10 aromatic rings. The fourth-order valence-corrected chi connectivity index (χ4v) is 9.51. The lowest BCUT2D eigenvalue weighted by molar-refractivity contribution is 0.0420. The van der Waals surface area contributed by atoms with E-state index in [9.17, 15) is 9.59 Å². The zero-order valence-corrected chi connectivity index (χ0v) is 42.4. The van der Waals surface area contributed by atoms with Crippen LogP contribution in [0.15, 0.2) is 151 Å². The van der Waals surface area contributed by atoms with Gasteiger partial charge in [-0.3, -0.25) is 0 Å². The van der Waals surface area contributed by atoms with Crippen LogP contribution in [-0.4, -0.2) is 64.4 Å². The van der Waals surface area contributed by atoms with Crippen molar-refractivity contribution in [3.05, 3.63) is 178 Å². The summed E-state index contributed by atoms with van der Waals surface area (Å²) in [7, 11) is 0. The first-order chi connectivity index (χ1) is 36.8. The van der Waals surface area contributed by atoms with Gasteiger partial charge in [0.1, 0.15) is 0 Å². The quantitative estimate of drug-likeness (QED) is 0.0888. The minimum atomic E-state index is -0.990. The number of hydrogen-bond acceptors (Lipinski definition) is 15. The van der Waals surface area contributed by atoms with E-state index in [0.717, 1.165) is 45.4 Å². The molecule has 378 valence electrons. The summed E-state index contributed by atoms with van der Waals surface area (Å²) in [6.07, 6.45) is 6.87. The first-order valence-corrected chi connectivity index (χ1v) is 24.8. The number of carbonyl (C=O) groups is 2. The van der Waals surface area contributed by atoms with E-state index in [1.165, 1.54) is 51.9 Å². The molecule has 76 heavy (non-hydrogen) atoms. The second-order valence-corrected chi connectivity index (χ2v) is 19.4. The molecule has 1 saturated carbocycles. The van der Waals surface area contributed by atoms with Crippen molar-refractivity contribution in [2.24, 2.45) is 17.8 Å². The van der Waals surface area contributed by atoms with Crippen LogP contribution in [-0.2, 0) is 4.74 Å². The highest BCUT2D eigenvalue weighted by molar-refractivity contribution is 5.90. The molecule has 4 heterocycles. The van der Waals surface area contributed by atoms with Crippen LogP contribution in [0.25, 0.3) is 91.6 Å². The summed E-state index contributed by atoms with van der Waals surface area (Å²) in [6, 6.07) is 36.4. The molecule has 0 spiro atoms. The summed E-state index contributed by atoms with van der Waals surface area (Å²) in [6.45, 7) is 13.0.